The van der Waals surface area contributed by atoms with Gasteiger partial charge in [-0.25, -0.2) is 4.98 Å². The number of benzene rings is 1. The Morgan fingerprint density at radius 1 is 1.19 bits per heavy atom. The maximum absolute atomic E-state index is 11.4. The molecule has 7 nitrogen and oxygen atoms in total. The minimum absolute atomic E-state index is 0.169. The van der Waals surface area contributed by atoms with Crippen molar-refractivity contribution in [3.05, 3.63) is 75.8 Å². The Balaban J connectivity index is 1.58. The molecule has 0 aliphatic rings. The van der Waals surface area contributed by atoms with Gasteiger partial charge in [0.1, 0.15) is 11.5 Å². The first-order valence-electron chi connectivity index (χ1n) is 8.41. The highest BCUT2D eigenvalue weighted by Gasteiger charge is 2.08. The quantitative estimate of drug-likeness (QED) is 0.520. The summed E-state index contributed by atoms with van der Waals surface area (Å²) in [5, 5.41) is 20.2. The molecule has 7 heteroatoms. The summed E-state index contributed by atoms with van der Waals surface area (Å²) in [7, 11) is 0. The van der Waals surface area contributed by atoms with Gasteiger partial charge in [0.15, 0.2) is 0 Å². The number of fused-ring (bicyclic) bond motifs is 1. The zero-order valence-electron chi connectivity index (χ0n) is 14.6. The van der Waals surface area contributed by atoms with E-state index in [1.807, 2.05) is 37.3 Å². The molecule has 27 heavy (non-hydrogen) atoms. The van der Waals surface area contributed by atoms with Crippen LogP contribution in [0.25, 0.3) is 22.2 Å². The van der Waals surface area contributed by atoms with Crippen LogP contribution in [0.4, 0.5) is 5.82 Å². The molecular weight excluding hydrogens is 340 g/mol. The zero-order valence-corrected chi connectivity index (χ0v) is 14.6. The van der Waals surface area contributed by atoms with Crippen LogP contribution in [0.2, 0.25) is 0 Å². The number of hydrogen-bond acceptors (Lipinski definition) is 5. The summed E-state index contributed by atoms with van der Waals surface area (Å²) in [5.41, 5.74) is 4.99. The predicted molar refractivity (Wildman–Crippen MR) is 103 cm³/mol. The Labute approximate surface area is 154 Å². The van der Waals surface area contributed by atoms with Gasteiger partial charge in [0.05, 0.1) is 23.9 Å². The van der Waals surface area contributed by atoms with Crippen molar-refractivity contribution in [2.45, 2.75) is 13.5 Å². The lowest BCUT2D eigenvalue weighted by Gasteiger charge is -2.09. The van der Waals surface area contributed by atoms with Crippen LogP contribution in [0.5, 0.6) is 0 Å². The molecule has 132 valence electrons. The molecule has 0 bridgehead atoms. The van der Waals surface area contributed by atoms with Crippen molar-refractivity contribution in [1.29, 1.82) is 5.26 Å². The summed E-state index contributed by atoms with van der Waals surface area (Å²) in [6.45, 7) is 2.45. The predicted octanol–water partition coefficient (Wildman–Crippen LogP) is 3.11. The van der Waals surface area contributed by atoms with Gasteiger partial charge < -0.3 is 10.3 Å². The van der Waals surface area contributed by atoms with Gasteiger partial charge in [-0.05, 0) is 53.9 Å². The Morgan fingerprint density at radius 2 is 2.07 bits per heavy atom. The van der Waals surface area contributed by atoms with E-state index in [2.05, 4.69) is 31.6 Å². The molecule has 0 aliphatic carbocycles. The Kier molecular flexibility index (Phi) is 4.15. The van der Waals surface area contributed by atoms with E-state index in [4.69, 9.17) is 5.26 Å². The van der Waals surface area contributed by atoms with Gasteiger partial charge in [0.25, 0.3) is 0 Å². The first-order chi connectivity index (χ1) is 13.1. The molecule has 0 aliphatic heterocycles. The molecule has 0 fully saturated rings. The Morgan fingerprint density at radius 3 is 2.89 bits per heavy atom. The number of aryl methyl sites for hydroxylation is 1. The SMILES string of the molecule is Cc1cc(C#N)ccc1-c1ccnc(NCc2n[nH]c3[nH]c(=O)ccc23)c1. The standard InChI is InChI=1S/C20H16N6O/c1-12-8-13(10-21)2-3-15(12)14-6-7-22-18(9-14)23-11-17-16-4-5-19(27)24-20(16)26-25-17/h2-9H,11H2,1H3,(H,22,23)(H2,24,25,26,27). The minimum atomic E-state index is -0.169. The first-order valence-corrected chi connectivity index (χ1v) is 8.41. The summed E-state index contributed by atoms with van der Waals surface area (Å²) in [6, 6.07) is 14.9. The van der Waals surface area contributed by atoms with Crippen LogP contribution in [0.1, 0.15) is 16.8 Å². The second kappa shape index (κ2) is 6.77. The fourth-order valence-corrected chi connectivity index (χ4v) is 3.05. The summed E-state index contributed by atoms with van der Waals surface area (Å²) >= 11 is 0. The smallest absolute Gasteiger partial charge is 0.249 e. The van der Waals surface area contributed by atoms with E-state index in [0.29, 0.717) is 17.8 Å². The van der Waals surface area contributed by atoms with Crippen molar-refractivity contribution >= 4 is 16.9 Å². The molecule has 4 rings (SSSR count). The molecular formula is C20H16N6O. The van der Waals surface area contributed by atoms with Crippen LogP contribution in [0.3, 0.4) is 0 Å². The Hall–Kier alpha value is -3.92. The average molecular weight is 356 g/mol. The molecule has 3 heterocycles. The number of aromatic amines is 2. The maximum atomic E-state index is 11.4. The van der Waals surface area contributed by atoms with E-state index in [9.17, 15) is 4.79 Å². The van der Waals surface area contributed by atoms with Crippen molar-refractivity contribution in [2.75, 3.05) is 5.32 Å². The molecule has 0 amide bonds. The largest absolute Gasteiger partial charge is 0.364 e. The van der Waals surface area contributed by atoms with Crippen LogP contribution in [0, 0.1) is 18.3 Å². The highest BCUT2D eigenvalue weighted by molar-refractivity contribution is 5.77. The lowest BCUT2D eigenvalue weighted by molar-refractivity contribution is 0.982. The molecule has 0 unspecified atom stereocenters. The highest BCUT2D eigenvalue weighted by Crippen LogP contribution is 2.26. The van der Waals surface area contributed by atoms with E-state index in [1.165, 1.54) is 6.07 Å². The molecule has 0 saturated carbocycles. The number of anilines is 1. The summed E-state index contributed by atoms with van der Waals surface area (Å²) < 4.78 is 0. The number of nitrogens with zero attached hydrogens (tertiary/aromatic N) is 3. The van der Waals surface area contributed by atoms with Gasteiger partial charge >= 0.3 is 0 Å². The van der Waals surface area contributed by atoms with E-state index in [1.54, 1.807) is 12.3 Å². The van der Waals surface area contributed by atoms with Gasteiger partial charge in [-0.15, -0.1) is 0 Å². The lowest BCUT2D eigenvalue weighted by atomic mass is 9.99. The van der Waals surface area contributed by atoms with Gasteiger partial charge in [-0.1, -0.05) is 6.07 Å². The molecule has 0 atom stereocenters. The van der Waals surface area contributed by atoms with Crippen LogP contribution in [0.15, 0.2) is 53.5 Å². The normalized spacial score (nSPS) is 10.7. The molecule has 3 aromatic heterocycles. The topological polar surface area (TPSA) is 110 Å². The van der Waals surface area contributed by atoms with Crippen molar-refractivity contribution in [2.24, 2.45) is 0 Å². The minimum Gasteiger partial charge on any atom is -0.364 e. The molecule has 0 saturated heterocycles. The third-order valence-corrected chi connectivity index (χ3v) is 4.40. The van der Waals surface area contributed by atoms with Crippen molar-refractivity contribution in [3.8, 4) is 17.2 Å². The van der Waals surface area contributed by atoms with Crippen LogP contribution in [-0.2, 0) is 6.54 Å². The summed E-state index contributed by atoms with van der Waals surface area (Å²) in [6.07, 6.45) is 1.75. The van der Waals surface area contributed by atoms with E-state index in [-0.39, 0.29) is 5.56 Å². The number of aromatic nitrogens is 4. The number of rotatable bonds is 4. The second-order valence-electron chi connectivity index (χ2n) is 6.21. The van der Waals surface area contributed by atoms with Crippen molar-refractivity contribution in [3.63, 3.8) is 0 Å². The monoisotopic (exact) mass is 356 g/mol. The van der Waals surface area contributed by atoms with Gasteiger partial charge in [-0.3, -0.25) is 9.89 Å². The number of nitrogens with one attached hydrogen (secondary N) is 3. The van der Waals surface area contributed by atoms with E-state index in [0.717, 1.165) is 33.6 Å². The fourth-order valence-electron chi connectivity index (χ4n) is 3.05. The number of hydrogen-bond donors (Lipinski definition) is 3. The first kappa shape index (κ1) is 16.5. The van der Waals surface area contributed by atoms with E-state index >= 15 is 0 Å². The molecule has 4 aromatic rings. The Bertz CT molecular complexity index is 1230. The van der Waals surface area contributed by atoms with Gasteiger partial charge in [-0.2, -0.15) is 10.4 Å². The van der Waals surface area contributed by atoms with Crippen LogP contribution in [-0.4, -0.2) is 20.2 Å². The fraction of sp³-hybridized carbons (Fsp3) is 0.100. The summed E-state index contributed by atoms with van der Waals surface area (Å²) in [4.78, 5) is 18.4. The summed E-state index contributed by atoms with van der Waals surface area (Å²) in [5.74, 6) is 0.719. The molecule has 3 N–H and O–H groups in total. The van der Waals surface area contributed by atoms with Crippen LogP contribution >= 0.6 is 0 Å². The van der Waals surface area contributed by atoms with Crippen LogP contribution < -0.4 is 10.9 Å². The van der Waals surface area contributed by atoms with Crippen molar-refractivity contribution < 1.29 is 0 Å². The van der Waals surface area contributed by atoms with Gasteiger partial charge in [0, 0.05) is 17.6 Å². The third kappa shape index (κ3) is 3.28. The van der Waals surface area contributed by atoms with E-state index < -0.39 is 0 Å². The molecule has 1 aromatic carbocycles. The number of nitriles is 1. The van der Waals surface area contributed by atoms with Gasteiger partial charge in [0.2, 0.25) is 5.56 Å². The lowest BCUT2D eigenvalue weighted by Crippen LogP contribution is -2.04. The molecule has 0 spiro atoms. The zero-order chi connectivity index (χ0) is 18.8. The van der Waals surface area contributed by atoms with Crippen molar-refractivity contribution in [1.82, 2.24) is 20.2 Å². The molecule has 0 radical (unpaired) electrons. The average Bonchev–Trinajstić information content (AvgIpc) is 3.08. The number of H-pyrrole nitrogens is 2. The third-order valence-electron chi connectivity index (χ3n) is 4.40. The number of pyridine rings is 2. The second-order valence-corrected chi connectivity index (χ2v) is 6.21. The highest BCUT2D eigenvalue weighted by atomic mass is 16.1. The maximum Gasteiger partial charge on any atom is 0.249 e.